The number of ether oxygens (including phenoxy) is 1. The van der Waals surface area contributed by atoms with E-state index in [-0.39, 0.29) is 12.0 Å². The van der Waals surface area contributed by atoms with Crippen molar-refractivity contribution in [2.45, 2.75) is 53.1 Å². The smallest absolute Gasteiger partial charge is 0.191 e. The van der Waals surface area contributed by atoms with E-state index < -0.39 is 0 Å². The summed E-state index contributed by atoms with van der Waals surface area (Å²) in [6, 6.07) is 8.59. The van der Waals surface area contributed by atoms with E-state index in [4.69, 9.17) is 9.73 Å². The molecule has 0 radical (unpaired) electrons. The fourth-order valence-electron chi connectivity index (χ4n) is 3.82. The van der Waals surface area contributed by atoms with Gasteiger partial charge >= 0.3 is 0 Å². The minimum Gasteiger partial charge on any atom is -0.396 e. The number of nitrogens with one attached hydrogen (secondary N) is 2. The van der Waals surface area contributed by atoms with Crippen LogP contribution in [0.3, 0.4) is 0 Å². The number of aliphatic hydroxyl groups is 1. The van der Waals surface area contributed by atoms with Crippen LogP contribution >= 0.6 is 0 Å². The minimum absolute atomic E-state index is 0.110. The maximum Gasteiger partial charge on any atom is 0.191 e. The van der Waals surface area contributed by atoms with Crippen LogP contribution in [-0.2, 0) is 17.8 Å². The molecule has 1 aromatic carbocycles. The first-order chi connectivity index (χ1) is 14.2. The monoisotopic (exact) mass is 404 g/mol. The Kier molecular flexibility index (Phi) is 10.5. The van der Waals surface area contributed by atoms with Crippen LogP contribution in [-0.4, -0.2) is 62.0 Å². The zero-order valence-electron chi connectivity index (χ0n) is 18.5. The lowest BCUT2D eigenvalue weighted by Gasteiger charge is -2.32. The quantitative estimate of drug-likeness (QED) is 0.391. The zero-order valence-corrected chi connectivity index (χ0v) is 18.5. The molecular weight excluding hydrogens is 364 g/mol. The van der Waals surface area contributed by atoms with Gasteiger partial charge in [0.15, 0.2) is 5.96 Å². The zero-order chi connectivity index (χ0) is 21.0. The molecule has 0 saturated carbocycles. The molecule has 6 heteroatoms. The molecule has 0 unspecified atom stereocenters. The molecule has 0 spiro atoms. The second kappa shape index (κ2) is 12.8. The summed E-state index contributed by atoms with van der Waals surface area (Å²) in [6.45, 7) is 13.6. The van der Waals surface area contributed by atoms with Crippen LogP contribution < -0.4 is 10.6 Å². The highest BCUT2D eigenvalue weighted by Crippen LogP contribution is 2.29. The average Bonchev–Trinajstić information content (AvgIpc) is 2.76. The van der Waals surface area contributed by atoms with Crippen molar-refractivity contribution in [3.63, 3.8) is 0 Å². The van der Waals surface area contributed by atoms with E-state index in [9.17, 15) is 5.11 Å². The Balaban J connectivity index is 2.04. The molecule has 6 nitrogen and oxygen atoms in total. The molecular formula is C23H40N4O2. The van der Waals surface area contributed by atoms with Crippen LogP contribution in [0.25, 0.3) is 0 Å². The molecule has 1 aliphatic rings. The molecule has 29 heavy (non-hydrogen) atoms. The topological polar surface area (TPSA) is 69.1 Å². The van der Waals surface area contributed by atoms with Crippen LogP contribution in [0.15, 0.2) is 29.3 Å². The molecule has 0 aromatic heterocycles. The number of rotatable bonds is 11. The molecule has 0 amide bonds. The van der Waals surface area contributed by atoms with Crippen molar-refractivity contribution < 1.29 is 9.84 Å². The van der Waals surface area contributed by atoms with Crippen LogP contribution in [0.4, 0.5) is 0 Å². The number of hydrogen-bond donors (Lipinski definition) is 3. The number of morpholine rings is 1. The highest BCUT2D eigenvalue weighted by atomic mass is 16.5. The van der Waals surface area contributed by atoms with E-state index in [1.807, 2.05) is 0 Å². The molecule has 1 heterocycles. The second-order valence-electron chi connectivity index (χ2n) is 7.89. The van der Waals surface area contributed by atoms with E-state index in [2.05, 4.69) is 60.6 Å². The van der Waals surface area contributed by atoms with Crippen molar-refractivity contribution >= 4 is 5.96 Å². The number of aliphatic hydroxyl groups excluding tert-OH is 1. The van der Waals surface area contributed by atoms with Gasteiger partial charge < -0.3 is 20.5 Å². The van der Waals surface area contributed by atoms with Crippen LogP contribution in [0, 0.1) is 5.41 Å². The van der Waals surface area contributed by atoms with Crippen molar-refractivity contribution in [3.8, 4) is 0 Å². The lowest BCUT2D eigenvalue weighted by Crippen LogP contribution is -2.43. The third kappa shape index (κ3) is 7.61. The molecule has 164 valence electrons. The van der Waals surface area contributed by atoms with Gasteiger partial charge in [-0.1, -0.05) is 38.1 Å². The first kappa shape index (κ1) is 23.6. The van der Waals surface area contributed by atoms with Crippen molar-refractivity contribution in [1.29, 1.82) is 0 Å². The van der Waals surface area contributed by atoms with Gasteiger partial charge in [-0.25, -0.2) is 4.99 Å². The summed E-state index contributed by atoms with van der Waals surface area (Å²) in [7, 11) is 0. The predicted molar refractivity (Wildman–Crippen MR) is 120 cm³/mol. The summed E-state index contributed by atoms with van der Waals surface area (Å²) >= 11 is 0. The third-order valence-corrected chi connectivity index (χ3v) is 6.14. The van der Waals surface area contributed by atoms with Crippen LogP contribution in [0.5, 0.6) is 0 Å². The Morgan fingerprint density at radius 2 is 1.79 bits per heavy atom. The predicted octanol–water partition coefficient (Wildman–Crippen LogP) is 2.76. The van der Waals surface area contributed by atoms with Crippen molar-refractivity contribution in [2.75, 3.05) is 46.0 Å². The Morgan fingerprint density at radius 3 is 2.41 bits per heavy atom. The normalized spacial score (nSPS) is 16.1. The summed E-state index contributed by atoms with van der Waals surface area (Å²) in [5.41, 5.74) is 2.72. The van der Waals surface area contributed by atoms with Gasteiger partial charge in [0.05, 0.1) is 19.8 Å². The summed E-state index contributed by atoms with van der Waals surface area (Å²) in [4.78, 5) is 7.30. The third-order valence-electron chi connectivity index (χ3n) is 6.14. The SMILES string of the molecule is CCNC(=NCc1ccccc1CN1CCOCC1)NCC(CC)(CC)CCO. The largest absolute Gasteiger partial charge is 0.396 e. The number of guanidine groups is 1. The van der Waals surface area contributed by atoms with Gasteiger partial charge in [0.1, 0.15) is 0 Å². The maximum absolute atomic E-state index is 9.46. The molecule has 1 aromatic rings. The molecule has 0 atom stereocenters. The Morgan fingerprint density at radius 1 is 1.10 bits per heavy atom. The minimum atomic E-state index is 0.110. The van der Waals surface area contributed by atoms with Gasteiger partial charge in [0, 0.05) is 39.3 Å². The lowest BCUT2D eigenvalue weighted by atomic mass is 9.79. The van der Waals surface area contributed by atoms with Gasteiger partial charge in [0.25, 0.3) is 0 Å². The Labute approximate surface area is 176 Å². The summed E-state index contributed by atoms with van der Waals surface area (Å²) < 4.78 is 5.47. The number of benzene rings is 1. The molecule has 3 N–H and O–H groups in total. The van der Waals surface area contributed by atoms with E-state index >= 15 is 0 Å². The van der Waals surface area contributed by atoms with E-state index in [1.165, 1.54) is 11.1 Å². The molecule has 1 saturated heterocycles. The molecule has 1 fully saturated rings. The fourth-order valence-corrected chi connectivity index (χ4v) is 3.82. The summed E-state index contributed by atoms with van der Waals surface area (Å²) in [5.74, 6) is 0.845. The van der Waals surface area contributed by atoms with Gasteiger partial charge in [-0.15, -0.1) is 0 Å². The summed E-state index contributed by atoms with van der Waals surface area (Å²) in [6.07, 6.45) is 2.90. The average molecular weight is 405 g/mol. The molecule has 1 aliphatic heterocycles. The van der Waals surface area contributed by atoms with Gasteiger partial charge in [-0.3, -0.25) is 4.90 Å². The number of nitrogens with zero attached hydrogens (tertiary/aromatic N) is 2. The van der Waals surface area contributed by atoms with E-state index in [0.29, 0.717) is 6.54 Å². The van der Waals surface area contributed by atoms with Gasteiger partial charge in [-0.2, -0.15) is 0 Å². The Hall–Kier alpha value is -1.63. The lowest BCUT2D eigenvalue weighted by molar-refractivity contribution is 0.0341. The highest BCUT2D eigenvalue weighted by molar-refractivity contribution is 5.79. The molecule has 2 rings (SSSR count). The number of hydrogen-bond acceptors (Lipinski definition) is 4. The Bertz CT molecular complexity index is 611. The number of aliphatic imine (C=N–C) groups is 1. The first-order valence-electron chi connectivity index (χ1n) is 11.2. The van der Waals surface area contributed by atoms with Crippen LogP contribution in [0.1, 0.15) is 51.2 Å². The standard InChI is InChI=1S/C23H40N4O2/c1-4-23(5-2,11-14-28)19-26-22(24-6-3)25-17-20-9-7-8-10-21(20)18-27-12-15-29-16-13-27/h7-10,28H,4-6,11-19H2,1-3H3,(H2,24,25,26). The first-order valence-corrected chi connectivity index (χ1v) is 11.2. The second-order valence-corrected chi connectivity index (χ2v) is 7.89. The van der Waals surface area contributed by atoms with Crippen molar-refractivity contribution in [2.24, 2.45) is 10.4 Å². The van der Waals surface area contributed by atoms with Crippen LogP contribution in [0.2, 0.25) is 0 Å². The fraction of sp³-hybridized carbons (Fsp3) is 0.696. The van der Waals surface area contributed by atoms with E-state index in [1.54, 1.807) is 0 Å². The van der Waals surface area contributed by atoms with E-state index in [0.717, 1.165) is 71.2 Å². The van der Waals surface area contributed by atoms with Gasteiger partial charge in [-0.05, 0) is 42.7 Å². The maximum atomic E-state index is 9.46. The van der Waals surface area contributed by atoms with Crippen molar-refractivity contribution in [1.82, 2.24) is 15.5 Å². The van der Waals surface area contributed by atoms with Gasteiger partial charge in [0.2, 0.25) is 0 Å². The molecule has 0 bridgehead atoms. The molecule has 0 aliphatic carbocycles. The van der Waals surface area contributed by atoms with Crippen molar-refractivity contribution in [3.05, 3.63) is 35.4 Å². The highest BCUT2D eigenvalue weighted by Gasteiger charge is 2.25. The summed E-state index contributed by atoms with van der Waals surface area (Å²) in [5, 5.41) is 16.4.